The highest BCUT2D eigenvalue weighted by molar-refractivity contribution is 5.82. The van der Waals surface area contributed by atoms with Gasteiger partial charge in [0, 0.05) is 38.6 Å². The summed E-state index contributed by atoms with van der Waals surface area (Å²) in [6.45, 7) is 3.79. The number of hydrogen-bond acceptors (Lipinski definition) is 3. The average molecular weight is 266 g/mol. The first-order chi connectivity index (χ1) is 9.16. The Labute approximate surface area is 113 Å². The molecule has 19 heavy (non-hydrogen) atoms. The van der Waals surface area contributed by atoms with Crippen LogP contribution in [0.25, 0.3) is 0 Å². The Balaban J connectivity index is 1.43. The standard InChI is InChI=1S/C14H22N2O3/c17-12(18)4-5-15-6-8-16(9-7-15)14(19)13-10-2-1-3-11(10)13/h10-11,13H,1-9H2,(H,17,18). The van der Waals surface area contributed by atoms with Crippen molar-refractivity contribution in [2.45, 2.75) is 25.7 Å². The van der Waals surface area contributed by atoms with Crippen molar-refractivity contribution < 1.29 is 14.7 Å². The number of amides is 1. The van der Waals surface area contributed by atoms with Crippen LogP contribution in [0.1, 0.15) is 25.7 Å². The summed E-state index contributed by atoms with van der Waals surface area (Å²) in [5.41, 5.74) is 0. The van der Waals surface area contributed by atoms with Gasteiger partial charge in [-0.25, -0.2) is 0 Å². The molecule has 2 aliphatic carbocycles. The van der Waals surface area contributed by atoms with Crippen LogP contribution >= 0.6 is 0 Å². The number of hydrogen-bond donors (Lipinski definition) is 1. The Hall–Kier alpha value is -1.10. The topological polar surface area (TPSA) is 60.9 Å². The third kappa shape index (κ3) is 2.61. The van der Waals surface area contributed by atoms with Gasteiger partial charge >= 0.3 is 5.97 Å². The van der Waals surface area contributed by atoms with Crippen LogP contribution in [0, 0.1) is 17.8 Å². The Morgan fingerprint density at radius 3 is 2.26 bits per heavy atom. The molecule has 5 nitrogen and oxygen atoms in total. The van der Waals surface area contributed by atoms with Crippen LogP contribution in [0.15, 0.2) is 0 Å². The van der Waals surface area contributed by atoms with Gasteiger partial charge in [0.15, 0.2) is 0 Å². The van der Waals surface area contributed by atoms with Crippen molar-refractivity contribution in [2.75, 3.05) is 32.7 Å². The van der Waals surface area contributed by atoms with E-state index >= 15 is 0 Å². The van der Waals surface area contributed by atoms with Gasteiger partial charge in [0.2, 0.25) is 5.91 Å². The Bertz CT molecular complexity index is 367. The predicted molar refractivity (Wildman–Crippen MR) is 69.6 cm³/mol. The number of aliphatic carboxylic acids is 1. The molecule has 1 amide bonds. The largest absolute Gasteiger partial charge is 0.481 e. The van der Waals surface area contributed by atoms with E-state index in [4.69, 9.17) is 5.11 Å². The zero-order valence-electron chi connectivity index (χ0n) is 11.3. The lowest BCUT2D eigenvalue weighted by atomic mass is 10.1. The van der Waals surface area contributed by atoms with E-state index in [2.05, 4.69) is 4.90 Å². The van der Waals surface area contributed by atoms with E-state index in [-0.39, 0.29) is 6.42 Å². The Morgan fingerprint density at radius 1 is 1.05 bits per heavy atom. The van der Waals surface area contributed by atoms with Gasteiger partial charge in [-0.3, -0.25) is 14.5 Å². The maximum Gasteiger partial charge on any atom is 0.304 e. The van der Waals surface area contributed by atoms with Crippen molar-refractivity contribution in [3.63, 3.8) is 0 Å². The molecule has 0 radical (unpaired) electrons. The Kier molecular flexibility index (Phi) is 3.48. The lowest BCUT2D eigenvalue weighted by molar-refractivity contribution is -0.139. The predicted octanol–water partition coefficient (Wildman–Crippen LogP) is 0.651. The summed E-state index contributed by atoms with van der Waals surface area (Å²) in [5.74, 6) is 1.34. The third-order valence-corrected chi connectivity index (χ3v) is 5.02. The molecule has 1 N–H and O–H groups in total. The molecule has 0 aromatic carbocycles. The second-order valence-electron chi connectivity index (χ2n) is 6.10. The lowest BCUT2D eigenvalue weighted by Crippen LogP contribution is -2.49. The van der Waals surface area contributed by atoms with E-state index in [1.165, 1.54) is 19.3 Å². The minimum atomic E-state index is -0.746. The zero-order chi connectivity index (χ0) is 13.4. The van der Waals surface area contributed by atoms with Gasteiger partial charge in [0.05, 0.1) is 6.42 Å². The summed E-state index contributed by atoms with van der Waals surface area (Å²) < 4.78 is 0. The normalized spacial score (nSPS) is 34.1. The molecule has 2 unspecified atom stereocenters. The molecule has 0 spiro atoms. The summed E-state index contributed by atoms with van der Waals surface area (Å²) in [4.78, 5) is 27.0. The molecule has 106 valence electrons. The van der Waals surface area contributed by atoms with E-state index in [0.717, 1.165) is 26.2 Å². The molecule has 0 aromatic heterocycles. The molecule has 5 heteroatoms. The third-order valence-electron chi connectivity index (χ3n) is 5.02. The second kappa shape index (κ2) is 5.12. The smallest absolute Gasteiger partial charge is 0.304 e. The van der Waals surface area contributed by atoms with Crippen LogP contribution in [0.3, 0.4) is 0 Å². The first kappa shape index (κ1) is 12.9. The van der Waals surface area contributed by atoms with E-state index in [1.54, 1.807) is 0 Å². The molecule has 3 rings (SSSR count). The number of nitrogens with zero attached hydrogens (tertiary/aromatic N) is 2. The van der Waals surface area contributed by atoms with Crippen molar-refractivity contribution in [3.05, 3.63) is 0 Å². The van der Waals surface area contributed by atoms with Crippen molar-refractivity contribution in [3.8, 4) is 0 Å². The number of carboxylic acids is 1. The van der Waals surface area contributed by atoms with Crippen LogP contribution in [0.4, 0.5) is 0 Å². The highest BCUT2D eigenvalue weighted by Gasteiger charge is 2.57. The van der Waals surface area contributed by atoms with Gasteiger partial charge in [-0.15, -0.1) is 0 Å². The van der Waals surface area contributed by atoms with Gasteiger partial charge in [-0.2, -0.15) is 0 Å². The molecular weight excluding hydrogens is 244 g/mol. The molecule has 0 aromatic rings. The maximum absolute atomic E-state index is 12.4. The van der Waals surface area contributed by atoms with Gasteiger partial charge in [-0.1, -0.05) is 6.42 Å². The van der Waals surface area contributed by atoms with Gasteiger partial charge < -0.3 is 10.0 Å². The fourth-order valence-corrected chi connectivity index (χ4v) is 3.84. The quantitative estimate of drug-likeness (QED) is 0.811. The second-order valence-corrected chi connectivity index (χ2v) is 6.10. The maximum atomic E-state index is 12.4. The molecule has 3 aliphatic rings. The fraction of sp³-hybridized carbons (Fsp3) is 0.857. The van der Waals surface area contributed by atoms with Crippen LogP contribution in [0.2, 0.25) is 0 Å². The minimum absolute atomic E-state index is 0.195. The van der Waals surface area contributed by atoms with Crippen molar-refractivity contribution >= 4 is 11.9 Å². The summed E-state index contributed by atoms with van der Waals surface area (Å²) in [7, 11) is 0. The summed E-state index contributed by atoms with van der Waals surface area (Å²) in [5, 5.41) is 8.67. The van der Waals surface area contributed by atoms with Gasteiger partial charge in [0.25, 0.3) is 0 Å². The summed E-state index contributed by atoms with van der Waals surface area (Å²) in [6.07, 6.45) is 4.00. The first-order valence-corrected chi connectivity index (χ1v) is 7.40. The van der Waals surface area contributed by atoms with Crippen LogP contribution in [0.5, 0.6) is 0 Å². The number of piperazine rings is 1. The monoisotopic (exact) mass is 266 g/mol. The zero-order valence-corrected chi connectivity index (χ0v) is 11.3. The number of fused-ring (bicyclic) bond motifs is 1. The Morgan fingerprint density at radius 2 is 1.68 bits per heavy atom. The lowest BCUT2D eigenvalue weighted by Gasteiger charge is -2.34. The van der Waals surface area contributed by atoms with Crippen molar-refractivity contribution in [1.82, 2.24) is 9.80 Å². The molecule has 0 bridgehead atoms. The number of carboxylic acid groups (broad SMARTS) is 1. The number of rotatable bonds is 4. The molecule has 1 aliphatic heterocycles. The first-order valence-electron chi connectivity index (χ1n) is 7.40. The van der Waals surface area contributed by atoms with Crippen molar-refractivity contribution in [2.24, 2.45) is 17.8 Å². The SMILES string of the molecule is O=C(O)CCN1CCN(C(=O)C2C3CCCC32)CC1. The van der Waals surface area contributed by atoms with E-state index < -0.39 is 5.97 Å². The summed E-state index contributed by atoms with van der Waals surface area (Å²) >= 11 is 0. The van der Waals surface area contributed by atoms with Crippen LogP contribution in [-0.4, -0.2) is 59.5 Å². The minimum Gasteiger partial charge on any atom is -0.481 e. The number of carbonyl (C=O) groups is 2. The van der Waals surface area contributed by atoms with Crippen molar-refractivity contribution in [1.29, 1.82) is 0 Å². The van der Waals surface area contributed by atoms with E-state index in [9.17, 15) is 9.59 Å². The molecule has 2 saturated carbocycles. The van der Waals surface area contributed by atoms with Gasteiger partial charge in [-0.05, 0) is 24.7 Å². The average Bonchev–Trinajstić information content (AvgIpc) is 2.88. The molecule has 2 atom stereocenters. The van der Waals surface area contributed by atoms with Crippen LogP contribution < -0.4 is 0 Å². The van der Waals surface area contributed by atoms with E-state index in [1.807, 2.05) is 4.90 Å². The van der Waals surface area contributed by atoms with Gasteiger partial charge in [0.1, 0.15) is 0 Å². The highest BCUT2D eigenvalue weighted by Crippen LogP contribution is 2.58. The molecule has 1 saturated heterocycles. The fourth-order valence-electron chi connectivity index (χ4n) is 3.84. The van der Waals surface area contributed by atoms with Crippen LogP contribution in [-0.2, 0) is 9.59 Å². The van der Waals surface area contributed by atoms with E-state index in [0.29, 0.717) is 30.2 Å². The highest BCUT2D eigenvalue weighted by atomic mass is 16.4. The molecular formula is C14H22N2O3. The summed E-state index contributed by atoms with van der Waals surface area (Å²) in [6, 6.07) is 0. The molecule has 3 fully saturated rings. The number of carbonyl (C=O) groups excluding carboxylic acids is 1. The molecule has 1 heterocycles.